The average molecular weight is 359 g/mol. The summed E-state index contributed by atoms with van der Waals surface area (Å²) in [6.07, 6.45) is 7.04. The number of nitrogens with zero attached hydrogens (tertiary/aromatic N) is 1. The lowest BCUT2D eigenvalue weighted by Gasteiger charge is -2.23. The van der Waals surface area contributed by atoms with Gasteiger partial charge in [-0.15, -0.1) is 0 Å². The molecule has 0 radical (unpaired) electrons. The molecule has 1 aliphatic carbocycles. The van der Waals surface area contributed by atoms with E-state index in [0.717, 1.165) is 36.8 Å². The molecule has 1 aliphatic rings. The van der Waals surface area contributed by atoms with E-state index in [9.17, 15) is 10.1 Å². The van der Waals surface area contributed by atoms with Gasteiger partial charge in [-0.3, -0.25) is 4.79 Å². The van der Waals surface area contributed by atoms with Gasteiger partial charge in [-0.25, -0.2) is 0 Å². The van der Waals surface area contributed by atoms with Crippen LogP contribution in [0.15, 0.2) is 72.4 Å². The van der Waals surface area contributed by atoms with Crippen LogP contribution in [0.5, 0.6) is 0 Å². The van der Waals surface area contributed by atoms with Gasteiger partial charge >= 0.3 is 0 Å². The molecule has 1 saturated carbocycles. The first kappa shape index (κ1) is 18.7. The van der Waals surface area contributed by atoms with Crippen LogP contribution in [0.2, 0.25) is 0 Å². The maximum Gasteiger partial charge on any atom is 0.263 e. The number of nitrogens with one attached hydrogen (secondary N) is 2. The van der Waals surface area contributed by atoms with Crippen LogP contribution in [0.1, 0.15) is 49.3 Å². The van der Waals surface area contributed by atoms with Gasteiger partial charge in [-0.2, -0.15) is 5.26 Å². The van der Waals surface area contributed by atoms with Gasteiger partial charge in [0.15, 0.2) is 0 Å². The van der Waals surface area contributed by atoms with Crippen molar-refractivity contribution < 1.29 is 4.79 Å². The van der Waals surface area contributed by atoms with Crippen LogP contribution in [0.4, 0.5) is 0 Å². The standard InChI is InChI=1S/C23H25N3O/c24-16-20(23(27)26-21-14-8-3-9-15-21)17-25-22(18-10-4-1-5-11-18)19-12-6-2-7-13-19/h1-2,4-7,10-13,17,21-22,25H,3,8-9,14-15H2,(H,26,27)/b20-17-. The lowest BCUT2D eigenvalue weighted by molar-refractivity contribution is -0.118. The van der Waals surface area contributed by atoms with E-state index in [-0.39, 0.29) is 23.6 Å². The summed E-state index contributed by atoms with van der Waals surface area (Å²) in [6.45, 7) is 0. The monoisotopic (exact) mass is 359 g/mol. The number of hydrogen-bond donors (Lipinski definition) is 2. The Morgan fingerprint density at radius 2 is 1.52 bits per heavy atom. The van der Waals surface area contributed by atoms with Gasteiger partial charge in [0.25, 0.3) is 5.91 Å². The summed E-state index contributed by atoms with van der Waals surface area (Å²) < 4.78 is 0. The Hall–Kier alpha value is -3.06. The third kappa shape index (κ3) is 5.21. The lowest BCUT2D eigenvalue weighted by Crippen LogP contribution is -2.37. The van der Waals surface area contributed by atoms with Crippen molar-refractivity contribution in [1.82, 2.24) is 10.6 Å². The molecule has 2 aromatic rings. The number of rotatable bonds is 6. The quantitative estimate of drug-likeness (QED) is 0.599. The van der Waals surface area contributed by atoms with Crippen LogP contribution in [0, 0.1) is 11.3 Å². The van der Waals surface area contributed by atoms with E-state index in [0.29, 0.717) is 0 Å². The molecule has 1 fully saturated rings. The van der Waals surface area contributed by atoms with Crippen molar-refractivity contribution in [3.63, 3.8) is 0 Å². The first-order valence-corrected chi connectivity index (χ1v) is 9.55. The minimum atomic E-state index is -0.295. The highest BCUT2D eigenvalue weighted by Gasteiger charge is 2.19. The van der Waals surface area contributed by atoms with E-state index >= 15 is 0 Å². The van der Waals surface area contributed by atoms with Crippen molar-refractivity contribution >= 4 is 5.91 Å². The van der Waals surface area contributed by atoms with E-state index in [2.05, 4.69) is 10.6 Å². The summed E-state index contributed by atoms with van der Waals surface area (Å²) in [5.74, 6) is -0.295. The topological polar surface area (TPSA) is 64.9 Å². The number of hydrogen-bond acceptors (Lipinski definition) is 3. The van der Waals surface area contributed by atoms with Crippen LogP contribution in [0.25, 0.3) is 0 Å². The molecule has 0 aliphatic heterocycles. The van der Waals surface area contributed by atoms with Gasteiger partial charge in [-0.05, 0) is 24.0 Å². The van der Waals surface area contributed by atoms with Gasteiger partial charge in [0.1, 0.15) is 11.6 Å². The van der Waals surface area contributed by atoms with Gasteiger partial charge in [0, 0.05) is 12.2 Å². The lowest BCUT2D eigenvalue weighted by atomic mass is 9.95. The van der Waals surface area contributed by atoms with Gasteiger partial charge < -0.3 is 10.6 Å². The second-order valence-electron chi connectivity index (χ2n) is 6.90. The summed E-state index contributed by atoms with van der Waals surface area (Å²) in [5.41, 5.74) is 2.26. The zero-order valence-corrected chi connectivity index (χ0v) is 15.4. The van der Waals surface area contributed by atoms with Crippen molar-refractivity contribution in [3.05, 3.63) is 83.6 Å². The highest BCUT2D eigenvalue weighted by molar-refractivity contribution is 5.97. The maximum atomic E-state index is 12.5. The SMILES string of the molecule is N#C/C(=C/NC(c1ccccc1)c1ccccc1)C(=O)NC1CCCCC1. The highest BCUT2D eigenvalue weighted by atomic mass is 16.1. The van der Waals surface area contributed by atoms with Crippen LogP contribution in [-0.2, 0) is 4.79 Å². The molecular formula is C23H25N3O. The molecule has 0 unspecified atom stereocenters. The Morgan fingerprint density at radius 1 is 0.963 bits per heavy atom. The van der Waals surface area contributed by atoms with E-state index in [4.69, 9.17) is 0 Å². The minimum Gasteiger partial charge on any atom is -0.379 e. The van der Waals surface area contributed by atoms with Gasteiger partial charge in [-0.1, -0.05) is 79.9 Å². The molecule has 0 bridgehead atoms. The molecule has 2 aromatic carbocycles. The van der Waals surface area contributed by atoms with E-state index in [1.54, 1.807) is 6.20 Å². The molecule has 3 rings (SSSR count). The smallest absolute Gasteiger partial charge is 0.263 e. The Bertz CT molecular complexity index is 763. The molecule has 0 aromatic heterocycles. The second-order valence-corrected chi connectivity index (χ2v) is 6.90. The fourth-order valence-corrected chi connectivity index (χ4v) is 3.50. The Kier molecular flexibility index (Phi) is 6.65. The third-order valence-electron chi connectivity index (χ3n) is 4.97. The number of amides is 1. The predicted octanol–water partition coefficient (Wildman–Crippen LogP) is 4.22. The molecule has 138 valence electrons. The van der Waals surface area contributed by atoms with Crippen molar-refractivity contribution in [2.75, 3.05) is 0 Å². The molecule has 1 amide bonds. The molecule has 4 nitrogen and oxygen atoms in total. The van der Waals surface area contributed by atoms with Crippen LogP contribution in [-0.4, -0.2) is 11.9 Å². The molecule has 2 N–H and O–H groups in total. The van der Waals surface area contributed by atoms with Crippen LogP contribution in [0.3, 0.4) is 0 Å². The number of benzene rings is 2. The van der Waals surface area contributed by atoms with E-state index in [1.807, 2.05) is 66.7 Å². The first-order valence-electron chi connectivity index (χ1n) is 9.55. The summed E-state index contributed by atoms with van der Waals surface area (Å²) in [7, 11) is 0. The Labute approximate surface area is 160 Å². The van der Waals surface area contributed by atoms with Crippen molar-refractivity contribution in [2.24, 2.45) is 0 Å². The van der Waals surface area contributed by atoms with Crippen LogP contribution < -0.4 is 10.6 Å². The summed E-state index contributed by atoms with van der Waals surface area (Å²) in [4.78, 5) is 12.5. The number of carbonyl (C=O) groups excluding carboxylic acids is 1. The van der Waals surface area contributed by atoms with Crippen molar-refractivity contribution in [1.29, 1.82) is 5.26 Å². The fourth-order valence-electron chi connectivity index (χ4n) is 3.50. The maximum absolute atomic E-state index is 12.5. The number of nitriles is 1. The van der Waals surface area contributed by atoms with Gasteiger partial charge in [0.2, 0.25) is 0 Å². The van der Waals surface area contributed by atoms with E-state index in [1.165, 1.54) is 6.42 Å². The normalized spacial score (nSPS) is 15.2. The zero-order chi connectivity index (χ0) is 18.9. The summed E-state index contributed by atoms with van der Waals surface area (Å²) >= 11 is 0. The van der Waals surface area contributed by atoms with Crippen molar-refractivity contribution in [3.8, 4) is 6.07 Å². The third-order valence-corrected chi connectivity index (χ3v) is 4.97. The van der Waals surface area contributed by atoms with Gasteiger partial charge in [0.05, 0.1) is 6.04 Å². The fraction of sp³-hybridized carbons (Fsp3) is 0.304. The highest BCUT2D eigenvalue weighted by Crippen LogP contribution is 2.22. The molecular weight excluding hydrogens is 334 g/mol. The molecule has 0 atom stereocenters. The Balaban J connectivity index is 1.75. The number of carbonyl (C=O) groups is 1. The predicted molar refractivity (Wildman–Crippen MR) is 107 cm³/mol. The second kappa shape index (κ2) is 9.59. The summed E-state index contributed by atoms with van der Waals surface area (Å²) in [5, 5.41) is 15.7. The molecule has 0 saturated heterocycles. The molecule has 0 heterocycles. The largest absolute Gasteiger partial charge is 0.379 e. The van der Waals surface area contributed by atoms with Crippen molar-refractivity contribution in [2.45, 2.75) is 44.2 Å². The zero-order valence-electron chi connectivity index (χ0n) is 15.4. The first-order chi connectivity index (χ1) is 13.3. The summed E-state index contributed by atoms with van der Waals surface area (Å²) in [6, 6.07) is 22.1. The minimum absolute atomic E-state index is 0.109. The van der Waals surface area contributed by atoms with Crippen LogP contribution >= 0.6 is 0 Å². The Morgan fingerprint density at radius 3 is 2.04 bits per heavy atom. The average Bonchev–Trinajstić information content (AvgIpc) is 2.73. The molecule has 27 heavy (non-hydrogen) atoms. The van der Waals surface area contributed by atoms with E-state index < -0.39 is 0 Å². The molecule has 0 spiro atoms. The molecule has 4 heteroatoms.